The van der Waals surface area contributed by atoms with Gasteiger partial charge in [-0.05, 0) is 89.4 Å². The lowest BCUT2D eigenvalue weighted by Crippen LogP contribution is -2.49. The van der Waals surface area contributed by atoms with Gasteiger partial charge < -0.3 is 20.3 Å². The van der Waals surface area contributed by atoms with Gasteiger partial charge in [-0.25, -0.2) is 13.2 Å². The van der Waals surface area contributed by atoms with Gasteiger partial charge >= 0.3 is 6.03 Å². The van der Waals surface area contributed by atoms with Crippen molar-refractivity contribution in [1.29, 1.82) is 0 Å². The molecule has 0 bridgehead atoms. The molecule has 1 aromatic carbocycles. The first-order valence-corrected chi connectivity index (χ1v) is 14.0. The van der Waals surface area contributed by atoms with Crippen LogP contribution in [0.4, 0.5) is 10.5 Å². The molecule has 1 saturated heterocycles. The van der Waals surface area contributed by atoms with Gasteiger partial charge in [0.2, 0.25) is 10.0 Å². The van der Waals surface area contributed by atoms with Crippen LogP contribution in [0.25, 0.3) is 0 Å². The molecule has 0 radical (unpaired) electrons. The number of nitrogens with one attached hydrogen (secondary N) is 2. The molecule has 36 heavy (non-hydrogen) atoms. The molecule has 1 aliphatic carbocycles. The number of carbonyl (C=O) groups is 1. The molecule has 2 amide bonds. The number of hydrogen-bond acceptors (Lipinski definition) is 6. The monoisotopic (exact) mass is 515 g/mol. The highest BCUT2D eigenvalue weighted by atomic mass is 32.2. The van der Waals surface area contributed by atoms with Crippen LogP contribution >= 0.6 is 0 Å². The molecular weight excluding hydrogens is 478 g/mol. The van der Waals surface area contributed by atoms with Gasteiger partial charge in [-0.15, -0.1) is 0 Å². The minimum Gasteiger partial charge on any atom is -0.495 e. The fourth-order valence-electron chi connectivity index (χ4n) is 4.93. The Balaban J connectivity index is 1.30. The van der Waals surface area contributed by atoms with E-state index in [1.165, 1.54) is 7.11 Å². The summed E-state index contributed by atoms with van der Waals surface area (Å²) < 4.78 is 34.6. The number of carbonyl (C=O) groups excluding carboxylic acids is 1. The number of benzene rings is 1. The molecule has 196 valence electrons. The Morgan fingerprint density at radius 3 is 2.31 bits per heavy atom. The summed E-state index contributed by atoms with van der Waals surface area (Å²) in [5.41, 5.74) is 3.41. The van der Waals surface area contributed by atoms with E-state index in [0.29, 0.717) is 12.3 Å². The van der Waals surface area contributed by atoms with Crippen LogP contribution in [-0.4, -0.2) is 74.0 Å². The second-order valence-corrected chi connectivity index (χ2v) is 11.6. The molecule has 2 aromatic rings. The van der Waals surface area contributed by atoms with Gasteiger partial charge in [0.05, 0.1) is 7.11 Å². The maximum Gasteiger partial charge on any atom is 0.319 e. The summed E-state index contributed by atoms with van der Waals surface area (Å²) >= 11 is 0. The Hall–Kier alpha value is -2.69. The van der Waals surface area contributed by atoms with Crippen LogP contribution < -0.4 is 15.4 Å². The van der Waals surface area contributed by atoms with Crippen molar-refractivity contribution in [2.45, 2.75) is 63.4 Å². The average Bonchev–Trinajstić information content (AvgIpc) is 3.64. The first kappa shape index (κ1) is 26.4. The number of piperidine rings is 1. The zero-order valence-electron chi connectivity index (χ0n) is 21.6. The highest BCUT2D eigenvalue weighted by Gasteiger charge is 2.44. The molecule has 2 heterocycles. The molecule has 2 fully saturated rings. The van der Waals surface area contributed by atoms with E-state index in [9.17, 15) is 13.2 Å². The maximum absolute atomic E-state index is 13.7. The molecule has 9 nitrogen and oxygen atoms in total. The number of sulfonamides is 1. The maximum atomic E-state index is 13.7. The zero-order chi connectivity index (χ0) is 25.9. The van der Waals surface area contributed by atoms with E-state index in [2.05, 4.69) is 20.5 Å². The van der Waals surface area contributed by atoms with Crippen molar-refractivity contribution in [3.8, 4) is 5.75 Å². The van der Waals surface area contributed by atoms with E-state index in [-0.39, 0.29) is 23.0 Å². The summed E-state index contributed by atoms with van der Waals surface area (Å²) in [7, 11) is -2.14. The first-order valence-electron chi connectivity index (χ1n) is 12.6. The van der Waals surface area contributed by atoms with Crippen LogP contribution in [0.2, 0.25) is 0 Å². The Labute approximate surface area is 214 Å². The number of pyridine rings is 1. The van der Waals surface area contributed by atoms with Gasteiger partial charge in [0, 0.05) is 42.2 Å². The normalized spacial score (nSPS) is 17.2. The Morgan fingerprint density at radius 1 is 1.06 bits per heavy atom. The average molecular weight is 516 g/mol. The highest BCUT2D eigenvalue weighted by molar-refractivity contribution is 7.89. The van der Waals surface area contributed by atoms with Gasteiger partial charge in [0.15, 0.2) is 0 Å². The van der Waals surface area contributed by atoms with Crippen LogP contribution in [-0.2, 0) is 10.0 Å². The molecule has 0 unspecified atom stereocenters. The number of anilines is 1. The lowest BCUT2D eigenvalue weighted by molar-refractivity contribution is 0.156. The molecule has 0 spiro atoms. The van der Waals surface area contributed by atoms with Gasteiger partial charge in [0.25, 0.3) is 0 Å². The van der Waals surface area contributed by atoms with Gasteiger partial charge in [-0.2, -0.15) is 4.31 Å². The van der Waals surface area contributed by atoms with Crippen molar-refractivity contribution >= 4 is 21.7 Å². The number of aromatic nitrogens is 1. The molecule has 10 heteroatoms. The fraction of sp³-hybridized carbons (Fsp3) is 0.538. The second kappa shape index (κ2) is 11.1. The Bertz CT molecular complexity index is 1170. The van der Waals surface area contributed by atoms with Crippen LogP contribution in [0.3, 0.4) is 0 Å². The number of hydrogen-bond donors (Lipinski definition) is 2. The van der Waals surface area contributed by atoms with Crippen molar-refractivity contribution in [3.63, 3.8) is 0 Å². The second-order valence-electron chi connectivity index (χ2n) is 9.81. The summed E-state index contributed by atoms with van der Waals surface area (Å²) in [6, 6.07) is 8.74. The number of aryl methyl sites for hydroxylation is 3. The number of methoxy groups -OCH3 is 1. The van der Waals surface area contributed by atoms with E-state index in [4.69, 9.17) is 4.74 Å². The minimum absolute atomic E-state index is 0.0285. The molecule has 1 aromatic heterocycles. The molecule has 4 rings (SSSR count). The topological polar surface area (TPSA) is 104 Å². The number of urea groups is 1. The lowest BCUT2D eigenvalue weighted by Gasteiger charge is -2.38. The van der Waals surface area contributed by atoms with Crippen molar-refractivity contribution in [3.05, 3.63) is 47.3 Å². The summed E-state index contributed by atoms with van der Waals surface area (Å²) in [6.07, 6.45) is 3.35. The summed E-state index contributed by atoms with van der Waals surface area (Å²) in [4.78, 5) is 19.1. The van der Waals surface area contributed by atoms with Crippen molar-refractivity contribution in [2.75, 3.05) is 38.6 Å². The van der Waals surface area contributed by atoms with E-state index in [1.54, 1.807) is 16.4 Å². The molecule has 0 atom stereocenters. The number of amides is 2. The van der Waals surface area contributed by atoms with Crippen LogP contribution in [0.15, 0.2) is 35.2 Å². The highest BCUT2D eigenvalue weighted by Crippen LogP contribution is 2.39. The van der Waals surface area contributed by atoms with Crippen molar-refractivity contribution in [2.24, 2.45) is 0 Å². The SMILES string of the molecule is COc1cc(C)ccc1S(=O)(=O)N(C1CC1)C1CCN(CCNC(=O)Nc2cc(C)nc(C)c2)CC1. The zero-order valence-corrected chi connectivity index (χ0v) is 22.4. The summed E-state index contributed by atoms with van der Waals surface area (Å²) in [5.74, 6) is 0.402. The predicted molar refractivity (Wildman–Crippen MR) is 140 cm³/mol. The lowest BCUT2D eigenvalue weighted by atomic mass is 10.0. The molecular formula is C26H37N5O4S. The van der Waals surface area contributed by atoms with E-state index >= 15 is 0 Å². The van der Waals surface area contributed by atoms with E-state index in [1.807, 2.05) is 39.0 Å². The standard InChI is InChI=1S/C26H37N5O4S/c1-18-5-8-25(24(15-18)35-4)36(33,34)31(22-6-7-22)23-9-12-30(13-10-23)14-11-27-26(32)29-21-16-19(2)28-20(3)17-21/h5,8,15-17,22-23H,6-7,9-14H2,1-4H3,(H2,27,28,29,32). The van der Waals surface area contributed by atoms with Crippen molar-refractivity contribution < 1.29 is 17.9 Å². The third-order valence-corrected chi connectivity index (χ3v) is 8.80. The quantitative estimate of drug-likeness (QED) is 0.530. The number of nitrogens with zero attached hydrogens (tertiary/aromatic N) is 3. The van der Waals surface area contributed by atoms with Crippen LogP contribution in [0, 0.1) is 20.8 Å². The third kappa shape index (κ3) is 6.35. The Kier molecular flexibility index (Phi) is 8.17. The summed E-state index contributed by atoms with van der Waals surface area (Å²) in [5, 5.41) is 5.77. The van der Waals surface area contributed by atoms with Crippen LogP contribution in [0.5, 0.6) is 5.75 Å². The molecule has 1 saturated carbocycles. The first-order chi connectivity index (χ1) is 17.2. The predicted octanol–water partition coefficient (Wildman–Crippen LogP) is 3.45. The van der Waals surface area contributed by atoms with E-state index in [0.717, 1.165) is 68.0 Å². The third-order valence-electron chi connectivity index (χ3n) is 6.75. The fourth-order valence-corrected chi connectivity index (χ4v) is 7.00. The smallest absolute Gasteiger partial charge is 0.319 e. The molecule has 2 N–H and O–H groups in total. The minimum atomic E-state index is -3.66. The summed E-state index contributed by atoms with van der Waals surface area (Å²) in [6.45, 7) is 8.54. The van der Waals surface area contributed by atoms with Gasteiger partial charge in [0.1, 0.15) is 10.6 Å². The van der Waals surface area contributed by atoms with Crippen LogP contribution in [0.1, 0.15) is 42.6 Å². The number of rotatable bonds is 9. The molecule has 1 aliphatic heterocycles. The van der Waals surface area contributed by atoms with Crippen molar-refractivity contribution in [1.82, 2.24) is 19.5 Å². The Morgan fingerprint density at radius 2 is 1.69 bits per heavy atom. The largest absolute Gasteiger partial charge is 0.495 e. The number of ether oxygens (including phenoxy) is 1. The van der Waals surface area contributed by atoms with Gasteiger partial charge in [-0.3, -0.25) is 4.98 Å². The van der Waals surface area contributed by atoms with E-state index < -0.39 is 10.0 Å². The number of likely N-dealkylation sites (tertiary alicyclic amines) is 1. The molecule has 2 aliphatic rings. The van der Waals surface area contributed by atoms with Gasteiger partial charge in [-0.1, -0.05) is 6.07 Å².